The number of carbonyl (C=O) groups is 2. The van der Waals surface area contributed by atoms with Crippen molar-refractivity contribution in [2.24, 2.45) is 7.05 Å². The molecule has 5 rings (SSSR count). The molecule has 0 atom stereocenters. The molecular weight excluding hydrogens is 468 g/mol. The Morgan fingerprint density at radius 1 is 0.943 bits per heavy atom. The van der Waals surface area contributed by atoms with Crippen molar-refractivity contribution in [2.75, 3.05) is 63.8 Å². The van der Waals surface area contributed by atoms with Crippen LogP contribution in [-0.2, 0) is 11.8 Å². The summed E-state index contributed by atoms with van der Waals surface area (Å²) in [6.45, 7) is 5.80. The molecular formula is C24H29ClN8O2. The molecule has 2 aliphatic heterocycles. The number of nitrogens with zero attached hydrogens (tertiary/aromatic N) is 8. The molecule has 2 saturated heterocycles. The highest BCUT2D eigenvalue weighted by Crippen LogP contribution is 2.23. The molecule has 0 unspecified atom stereocenters. The van der Waals surface area contributed by atoms with Crippen LogP contribution in [0.1, 0.15) is 16.8 Å². The van der Waals surface area contributed by atoms with Crippen LogP contribution in [0.15, 0.2) is 36.8 Å². The minimum Gasteiger partial charge on any atom is -0.352 e. The third-order valence-electron chi connectivity index (χ3n) is 6.78. The highest BCUT2D eigenvalue weighted by Gasteiger charge is 2.27. The maximum atomic E-state index is 13.0. The zero-order valence-corrected chi connectivity index (χ0v) is 20.6. The molecule has 2 aromatic heterocycles. The second-order valence-corrected chi connectivity index (χ2v) is 9.38. The van der Waals surface area contributed by atoms with Gasteiger partial charge in [-0.1, -0.05) is 23.7 Å². The molecule has 35 heavy (non-hydrogen) atoms. The second kappa shape index (κ2) is 10.2. The number of piperazine rings is 1. The molecule has 11 heteroatoms. The van der Waals surface area contributed by atoms with Crippen molar-refractivity contribution >= 4 is 40.3 Å². The predicted octanol–water partition coefficient (Wildman–Crippen LogP) is 1.51. The monoisotopic (exact) mass is 496 g/mol. The van der Waals surface area contributed by atoms with Gasteiger partial charge in [-0.05, 0) is 18.6 Å². The molecule has 0 aliphatic carbocycles. The number of anilines is 1. The predicted molar refractivity (Wildman–Crippen MR) is 134 cm³/mol. The summed E-state index contributed by atoms with van der Waals surface area (Å²) in [5, 5.41) is 5.69. The van der Waals surface area contributed by atoms with Crippen LogP contribution in [0.5, 0.6) is 0 Å². The van der Waals surface area contributed by atoms with Crippen LogP contribution in [-0.4, -0.2) is 105 Å². The van der Waals surface area contributed by atoms with E-state index < -0.39 is 0 Å². The number of rotatable bonds is 4. The molecule has 3 aromatic rings. The van der Waals surface area contributed by atoms with E-state index in [0.717, 1.165) is 29.8 Å². The number of aryl methyl sites for hydroxylation is 1. The van der Waals surface area contributed by atoms with Gasteiger partial charge in [-0.3, -0.25) is 19.2 Å². The van der Waals surface area contributed by atoms with Crippen molar-refractivity contribution in [2.45, 2.75) is 6.42 Å². The summed E-state index contributed by atoms with van der Waals surface area (Å²) in [7, 11) is 1.87. The van der Waals surface area contributed by atoms with Crippen molar-refractivity contribution < 1.29 is 9.59 Å². The van der Waals surface area contributed by atoms with Gasteiger partial charge in [0.1, 0.15) is 12.1 Å². The maximum Gasteiger partial charge on any atom is 0.255 e. The summed E-state index contributed by atoms with van der Waals surface area (Å²) >= 11 is 6.22. The van der Waals surface area contributed by atoms with E-state index in [0.29, 0.717) is 62.9 Å². The summed E-state index contributed by atoms with van der Waals surface area (Å²) < 4.78 is 1.74. The molecule has 2 aliphatic rings. The zero-order chi connectivity index (χ0) is 24.4. The first-order valence-electron chi connectivity index (χ1n) is 11.9. The van der Waals surface area contributed by atoms with Crippen molar-refractivity contribution in [3.05, 3.63) is 47.4 Å². The van der Waals surface area contributed by atoms with Gasteiger partial charge in [0.25, 0.3) is 5.91 Å². The summed E-state index contributed by atoms with van der Waals surface area (Å²) in [5.74, 6) is 0.947. The molecule has 10 nitrogen and oxygen atoms in total. The number of halogens is 1. The Labute approximate surface area is 209 Å². The summed E-state index contributed by atoms with van der Waals surface area (Å²) in [6.07, 6.45) is 4.18. The number of amides is 2. The van der Waals surface area contributed by atoms with Gasteiger partial charge in [0.05, 0.1) is 28.7 Å². The number of carbonyl (C=O) groups excluding carboxylic acids is 2. The fourth-order valence-electron chi connectivity index (χ4n) is 4.80. The summed E-state index contributed by atoms with van der Waals surface area (Å²) in [4.78, 5) is 42.9. The van der Waals surface area contributed by atoms with Crippen LogP contribution in [0.4, 0.5) is 5.82 Å². The van der Waals surface area contributed by atoms with E-state index in [1.165, 1.54) is 0 Å². The normalized spacial score (nSPS) is 17.6. The van der Waals surface area contributed by atoms with Gasteiger partial charge in [0.2, 0.25) is 5.91 Å². The van der Waals surface area contributed by atoms with E-state index >= 15 is 0 Å². The molecule has 0 bridgehead atoms. The molecule has 0 N–H and O–H groups in total. The third-order valence-corrected chi connectivity index (χ3v) is 7.11. The average Bonchev–Trinajstić information content (AvgIpc) is 3.10. The fraction of sp³-hybridized carbons (Fsp3) is 0.458. The highest BCUT2D eigenvalue weighted by molar-refractivity contribution is 6.33. The van der Waals surface area contributed by atoms with Crippen LogP contribution in [0, 0.1) is 0 Å². The smallest absolute Gasteiger partial charge is 0.255 e. The number of benzene rings is 1. The van der Waals surface area contributed by atoms with Gasteiger partial charge in [-0.25, -0.2) is 9.97 Å². The van der Waals surface area contributed by atoms with E-state index in [2.05, 4.69) is 24.9 Å². The van der Waals surface area contributed by atoms with Gasteiger partial charge in [0, 0.05) is 59.4 Å². The summed E-state index contributed by atoms with van der Waals surface area (Å²) in [5.41, 5.74) is 1.33. The lowest BCUT2D eigenvalue weighted by Crippen LogP contribution is -2.51. The Bertz CT molecular complexity index is 1220. The zero-order valence-electron chi connectivity index (χ0n) is 19.8. The van der Waals surface area contributed by atoms with Crippen LogP contribution in [0.2, 0.25) is 5.02 Å². The Hall–Kier alpha value is -3.24. The van der Waals surface area contributed by atoms with Gasteiger partial charge in [-0.15, -0.1) is 0 Å². The lowest BCUT2D eigenvalue weighted by Gasteiger charge is -2.36. The van der Waals surface area contributed by atoms with Crippen LogP contribution in [0.3, 0.4) is 0 Å². The van der Waals surface area contributed by atoms with E-state index in [1.807, 2.05) is 29.0 Å². The Morgan fingerprint density at radius 2 is 1.71 bits per heavy atom. The fourth-order valence-corrected chi connectivity index (χ4v) is 5.01. The van der Waals surface area contributed by atoms with E-state index in [-0.39, 0.29) is 11.8 Å². The lowest BCUT2D eigenvalue weighted by atomic mass is 10.2. The number of fused-ring (bicyclic) bond motifs is 1. The van der Waals surface area contributed by atoms with Gasteiger partial charge >= 0.3 is 0 Å². The second-order valence-electron chi connectivity index (χ2n) is 8.97. The van der Waals surface area contributed by atoms with E-state index in [4.69, 9.17) is 11.6 Å². The Balaban J connectivity index is 1.14. The van der Waals surface area contributed by atoms with Crippen LogP contribution >= 0.6 is 11.6 Å². The molecule has 0 saturated carbocycles. The van der Waals surface area contributed by atoms with Crippen molar-refractivity contribution in [1.82, 2.24) is 34.4 Å². The third kappa shape index (κ3) is 4.94. The van der Waals surface area contributed by atoms with E-state index in [1.54, 1.807) is 29.3 Å². The molecule has 2 amide bonds. The van der Waals surface area contributed by atoms with E-state index in [9.17, 15) is 9.59 Å². The minimum atomic E-state index is -0.0488. The molecule has 0 spiro atoms. The topological polar surface area (TPSA) is 90.7 Å². The number of hydrogen-bond donors (Lipinski definition) is 0. The van der Waals surface area contributed by atoms with Crippen LogP contribution < -0.4 is 4.90 Å². The van der Waals surface area contributed by atoms with Crippen molar-refractivity contribution in [3.8, 4) is 0 Å². The van der Waals surface area contributed by atoms with Crippen molar-refractivity contribution in [1.29, 1.82) is 0 Å². The largest absolute Gasteiger partial charge is 0.352 e. The molecule has 184 valence electrons. The molecule has 0 radical (unpaired) electrons. The number of hydrogen-bond acceptors (Lipinski definition) is 7. The minimum absolute atomic E-state index is 0.0488. The first-order valence-corrected chi connectivity index (χ1v) is 12.3. The average molecular weight is 497 g/mol. The quantitative estimate of drug-likeness (QED) is 0.540. The maximum absolute atomic E-state index is 13.0. The first-order chi connectivity index (χ1) is 17.0. The standard InChI is InChI=1S/C24H29ClN8O2/c1-29-22-19(15-28-29)23(27-17-26-22)32-13-11-31(12-14-32)21(34)16-30-7-4-8-33(10-9-30)24(35)18-5-2-3-6-20(18)25/h2-3,5-6,15,17H,4,7-14,16H2,1H3. The van der Waals surface area contributed by atoms with Gasteiger partial charge < -0.3 is 14.7 Å². The lowest BCUT2D eigenvalue weighted by molar-refractivity contribution is -0.132. The van der Waals surface area contributed by atoms with Crippen LogP contribution in [0.25, 0.3) is 11.0 Å². The number of aromatic nitrogens is 4. The summed E-state index contributed by atoms with van der Waals surface area (Å²) in [6, 6.07) is 7.15. The van der Waals surface area contributed by atoms with Gasteiger partial charge in [-0.2, -0.15) is 5.10 Å². The molecule has 2 fully saturated rings. The van der Waals surface area contributed by atoms with Crippen molar-refractivity contribution in [3.63, 3.8) is 0 Å². The molecule has 4 heterocycles. The Morgan fingerprint density at radius 3 is 2.51 bits per heavy atom. The van der Waals surface area contributed by atoms with Gasteiger partial charge in [0.15, 0.2) is 5.65 Å². The SMILES string of the molecule is Cn1ncc2c(N3CCN(C(=O)CN4CCCN(C(=O)c5ccccc5Cl)CC4)CC3)ncnc21. The first kappa shape index (κ1) is 23.5. The molecule has 1 aromatic carbocycles. The Kier molecular flexibility index (Phi) is 6.83. The highest BCUT2D eigenvalue weighted by atomic mass is 35.5.